The van der Waals surface area contributed by atoms with Crippen LogP contribution in [0.15, 0.2) is 66.7 Å². The zero-order valence-electron chi connectivity index (χ0n) is 19.9. The van der Waals surface area contributed by atoms with E-state index >= 15 is 0 Å². The van der Waals surface area contributed by atoms with Gasteiger partial charge in [0.2, 0.25) is 0 Å². The number of benzene rings is 2. The van der Waals surface area contributed by atoms with E-state index in [9.17, 15) is 9.59 Å². The number of methoxy groups -OCH3 is 1. The summed E-state index contributed by atoms with van der Waals surface area (Å²) in [4.78, 5) is 33.8. The number of aromatic nitrogens is 1. The molecule has 6 nitrogen and oxygen atoms in total. The Labute approximate surface area is 195 Å². The van der Waals surface area contributed by atoms with Gasteiger partial charge < -0.3 is 14.5 Å². The summed E-state index contributed by atoms with van der Waals surface area (Å²) in [6.45, 7) is 4.28. The Balaban J connectivity index is 1.93. The number of hydrogen-bond acceptors (Lipinski definition) is 4. The lowest BCUT2D eigenvalue weighted by Gasteiger charge is -2.30. The fourth-order valence-electron chi connectivity index (χ4n) is 3.80. The molecule has 0 radical (unpaired) electrons. The number of nitrogens with zero attached hydrogens (tertiary/aromatic N) is 3. The van der Waals surface area contributed by atoms with E-state index in [1.165, 1.54) is 4.90 Å². The molecule has 0 bridgehead atoms. The normalized spacial score (nSPS) is 11.5. The van der Waals surface area contributed by atoms with Crippen LogP contribution in [0.5, 0.6) is 5.75 Å². The molecule has 3 aromatic rings. The number of rotatable bonds is 8. The summed E-state index contributed by atoms with van der Waals surface area (Å²) in [5.74, 6) is 0.499. The van der Waals surface area contributed by atoms with Crippen LogP contribution >= 0.6 is 0 Å². The van der Waals surface area contributed by atoms with E-state index in [1.807, 2.05) is 66.4 Å². The van der Waals surface area contributed by atoms with E-state index < -0.39 is 0 Å². The molecule has 6 heteroatoms. The minimum atomic E-state index is -0.192. The average molecular weight is 446 g/mol. The van der Waals surface area contributed by atoms with Crippen LogP contribution < -0.4 is 4.74 Å². The van der Waals surface area contributed by atoms with Gasteiger partial charge in [-0.05, 0) is 49.6 Å². The van der Waals surface area contributed by atoms with Gasteiger partial charge in [-0.2, -0.15) is 0 Å². The van der Waals surface area contributed by atoms with Crippen LogP contribution in [0.3, 0.4) is 0 Å². The van der Waals surface area contributed by atoms with E-state index in [-0.39, 0.29) is 17.9 Å². The third-order valence-electron chi connectivity index (χ3n) is 5.64. The molecule has 0 aliphatic carbocycles. The smallest absolute Gasteiger partial charge is 0.271 e. The van der Waals surface area contributed by atoms with Gasteiger partial charge in [0.1, 0.15) is 11.4 Å². The first-order chi connectivity index (χ1) is 15.8. The summed E-state index contributed by atoms with van der Waals surface area (Å²) in [5, 5.41) is 0. The highest BCUT2D eigenvalue weighted by Crippen LogP contribution is 2.23. The van der Waals surface area contributed by atoms with Crippen LogP contribution in [-0.4, -0.2) is 53.8 Å². The van der Waals surface area contributed by atoms with Crippen molar-refractivity contribution in [2.45, 2.75) is 32.9 Å². The fraction of sp³-hybridized carbons (Fsp3) is 0.296. The first kappa shape index (κ1) is 24.0. The molecule has 2 aromatic carbocycles. The van der Waals surface area contributed by atoms with Crippen LogP contribution in [0.2, 0.25) is 0 Å². The maximum absolute atomic E-state index is 13.7. The van der Waals surface area contributed by atoms with Crippen molar-refractivity contribution in [3.05, 3.63) is 94.8 Å². The van der Waals surface area contributed by atoms with Gasteiger partial charge in [-0.3, -0.25) is 9.59 Å². The summed E-state index contributed by atoms with van der Waals surface area (Å²) in [5.41, 5.74) is 3.44. The quantitative estimate of drug-likeness (QED) is 0.516. The highest BCUT2D eigenvalue weighted by Gasteiger charge is 2.25. The van der Waals surface area contributed by atoms with Gasteiger partial charge >= 0.3 is 0 Å². The number of aryl methyl sites for hydroxylation is 1. The zero-order chi connectivity index (χ0) is 24.0. The van der Waals surface area contributed by atoms with Crippen LogP contribution in [0.4, 0.5) is 0 Å². The topological polar surface area (TPSA) is 62.7 Å². The van der Waals surface area contributed by atoms with E-state index in [1.54, 1.807) is 40.3 Å². The predicted molar refractivity (Wildman–Crippen MR) is 129 cm³/mol. The van der Waals surface area contributed by atoms with E-state index in [0.29, 0.717) is 29.9 Å². The lowest BCUT2D eigenvalue weighted by atomic mass is 10.0. The largest absolute Gasteiger partial charge is 0.496 e. The molecule has 1 aromatic heterocycles. The third-order valence-corrected chi connectivity index (χ3v) is 5.64. The van der Waals surface area contributed by atoms with Crippen molar-refractivity contribution < 1.29 is 14.3 Å². The van der Waals surface area contributed by atoms with E-state index in [4.69, 9.17) is 4.74 Å². The molecule has 172 valence electrons. The van der Waals surface area contributed by atoms with Crippen LogP contribution in [0, 0.1) is 6.92 Å². The van der Waals surface area contributed by atoms with Crippen molar-refractivity contribution in [2.24, 2.45) is 0 Å². The summed E-state index contributed by atoms with van der Waals surface area (Å²) in [6, 6.07) is 21.0. The van der Waals surface area contributed by atoms with Gasteiger partial charge in [0, 0.05) is 26.7 Å². The SMILES string of the molecule is COc1ccccc1CC(C)N(Cc1ccccc1)C(=O)c1ccc(C(=O)N(C)C)nc1C. The van der Waals surface area contributed by atoms with Gasteiger partial charge in [-0.15, -0.1) is 0 Å². The van der Waals surface area contributed by atoms with Crippen LogP contribution in [0.25, 0.3) is 0 Å². The van der Waals surface area contributed by atoms with Crippen molar-refractivity contribution in [2.75, 3.05) is 21.2 Å². The molecule has 0 saturated heterocycles. The summed E-state index contributed by atoms with van der Waals surface area (Å²) >= 11 is 0. The number of ether oxygens (including phenoxy) is 1. The maximum atomic E-state index is 13.7. The predicted octanol–water partition coefficient (Wildman–Crippen LogP) is 4.37. The first-order valence-corrected chi connectivity index (χ1v) is 11.0. The maximum Gasteiger partial charge on any atom is 0.271 e. The number of pyridine rings is 1. The molecule has 3 rings (SSSR count). The number of hydrogen-bond donors (Lipinski definition) is 0. The highest BCUT2D eigenvalue weighted by molar-refractivity contribution is 5.97. The second kappa shape index (κ2) is 10.8. The number of para-hydroxylation sites is 1. The Morgan fingerprint density at radius 1 is 0.939 bits per heavy atom. The lowest BCUT2D eigenvalue weighted by Crippen LogP contribution is -2.40. The summed E-state index contributed by atoms with van der Waals surface area (Å²) in [6.07, 6.45) is 0.645. The molecule has 0 N–H and O–H groups in total. The van der Waals surface area contributed by atoms with Crippen molar-refractivity contribution >= 4 is 11.8 Å². The zero-order valence-corrected chi connectivity index (χ0v) is 19.9. The molecule has 2 amide bonds. The molecular formula is C27H31N3O3. The second-order valence-corrected chi connectivity index (χ2v) is 8.31. The fourth-order valence-corrected chi connectivity index (χ4v) is 3.80. The minimum Gasteiger partial charge on any atom is -0.496 e. The van der Waals surface area contributed by atoms with Crippen molar-refractivity contribution in [3.63, 3.8) is 0 Å². The summed E-state index contributed by atoms with van der Waals surface area (Å²) in [7, 11) is 5.01. The van der Waals surface area contributed by atoms with Gasteiger partial charge in [-0.25, -0.2) is 4.98 Å². The standard InChI is InChI=1S/C27H31N3O3/c1-19(17-22-13-9-10-14-25(22)33-5)30(18-21-11-7-6-8-12-21)26(31)23-15-16-24(28-20(23)2)27(32)29(3)4/h6-16,19H,17-18H2,1-5H3. The van der Waals surface area contributed by atoms with Crippen molar-refractivity contribution in [3.8, 4) is 5.75 Å². The second-order valence-electron chi connectivity index (χ2n) is 8.31. The van der Waals surface area contributed by atoms with Gasteiger partial charge in [-0.1, -0.05) is 48.5 Å². The molecule has 0 spiro atoms. The molecular weight excluding hydrogens is 414 g/mol. The van der Waals surface area contributed by atoms with Crippen LogP contribution in [-0.2, 0) is 13.0 Å². The molecule has 0 fully saturated rings. The molecule has 1 atom stereocenters. The Hall–Kier alpha value is -3.67. The van der Waals surface area contributed by atoms with Crippen molar-refractivity contribution in [1.29, 1.82) is 0 Å². The minimum absolute atomic E-state index is 0.100. The molecule has 0 aliphatic rings. The Morgan fingerprint density at radius 3 is 2.24 bits per heavy atom. The number of carbonyl (C=O) groups excluding carboxylic acids is 2. The van der Waals surface area contributed by atoms with Gasteiger partial charge in [0.25, 0.3) is 11.8 Å². The Morgan fingerprint density at radius 2 is 1.61 bits per heavy atom. The first-order valence-electron chi connectivity index (χ1n) is 11.0. The van der Waals surface area contributed by atoms with Gasteiger partial charge in [0.05, 0.1) is 18.4 Å². The van der Waals surface area contributed by atoms with E-state index in [0.717, 1.165) is 16.9 Å². The molecule has 33 heavy (non-hydrogen) atoms. The average Bonchev–Trinajstić information content (AvgIpc) is 2.82. The van der Waals surface area contributed by atoms with Gasteiger partial charge in [0.15, 0.2) is 0 Å². The van der Waals surface area contributed by atoms with Crippen molar-refractivity contribution in [1.82, 2.24) is 14.8 Å². The van der Waals surface area contributed by atoms with Crippen LogP contribution in [0.1, 0.15) is 44.6 Å². The summed E-state index contributed by atoms with van der Waals surface area (Å²) < 4.78 is 5.51. The third kappa shape index (κ3) is 5.77. The molecule has 1 heterocycles. The monoisotopic (exact) mass is 445 g/mol. The molecule has 0 saturated carbocycles. The number of carbonyl (C=O) groups is 2. The molecule has 0 aliphatic heterocycles. The Kier molecular flexibility index (Phi) is 7.83. The Bertz CT molecular complexity index is 1110. The van der Waals surface area contributed by atoms with E-state index in [2.05, 4.69) is 4.98 Å². The lowest BCUT2D eigenvalue weighted by molar-refractivity contribution is 0.0672. The number of amides is 2. The highest BCUT2D eigenvalue weighted by atomic mass is 16.5. The molecule has 1 unspecified atom stereocenters.